The van der Waals surface area contributed by atoms with E-state index in [4.69, 9.17) is 4.98 Å². The molecule has 1 saturated heterocycles. The van der Waals surface area contributed by atoms with E-state index in [0.717, 1.165) is 48.0 Å². The summed E-state index contributed by atoms with van der Waals surface area (Å²) in [6, 6.07) is 12.0. The molecule has 1 aliphatic heterocycles. The van der Waals surface area contributed by atoms with Gasteiger partial charge >= 0.3 is 0 Å². The molecule has 1 N–H and O–H groups in total. The minimum absolute atomic E-state index is 0.0569. The zero-order valence-corrected chi connectivity index (χ0v) is 20.7. The average molecular weight is 474 g/mol. The summed E-state index contributed by atoms with van der Waals surface area (Å²) in [5, 5.41) is 8.53. The molecule has 184 valence electrons. The van der Waals surface area contributed by atoms with Crippen molar-refractivity contribution in [2.45, 2.75) is 70.9 Å². The highest BCUT2D eigenvalue weighted by molar-refractivity contribution is 6.06. The molecule has 2 aliphatic rings. The fraction of sp³-hybridized carbons (Fsp3) is 0.500. The summed E-state index contributed by atoms with van der Waals surface area (Å²) in [5.41, 5.74) is 3.05. The van der Waals surface area contributed by atoms with Crippen LogP contribution in [0.4, 0.5) is 0 Å². The Balaban J connectivity index is 1.33. The molecule has 1 aliphatic carbocycles. The second-order valence-electron chi connectivity index (χ2n) is 10.2. The van der Waals surface area contributed by atoms with Crippen LogP contribution in [0.2, 0.25) is 0 Å². The minimum Gasteiger partial charge on any atom is -0.349 e. The third kappa shape index (κ3) is 4.95. The number of benzene rings is 1. The summed E-state index contributed by atoms with van der Waals surface area (Å²) in [6.07, 6.45) is 8.97. The molecule has 7 nitrogen and oxygen atoms in total. The molecule has 3 heterocycles. The van der Waals surface area contributed by atoms with Gasteiger partial charge in [0.05, 0.1) is 22.8 Å². The summed E-state index contributed by atoms with van der Waals surface area (Å²) >= 11 is 0. The molecule has 0 atom stereocenters. The Hall–Kier alpha value is -3.22. The van der Waals surface area contributed by atoms with Gasteiger partial charge in [-0.2, -0.15) is 5.10 Å². The van der Waals surface area contributed by atoms with E-state index in [1.807, 2.05) is 46.0 Å². The number of nitrogens with one attached hydrogen (secondary N) is 1. The van der Waals surface area contributed by atoms with E-state index in [1.54, 1.807) is 6.20 Å². The molecule has 2 aromatic heterocycles. The van der Waals surface area contributed by atoms with Gasteiger partial charge in [0.15, 0.2) is 5.65 Å². The number of hydrogen-bond donors (Lipinski definition) is 1. The highest BCUT2D eigenvalue weighted by Gasteiger charge is 2.30. The maximum atomic E-state index is 13.5. The predicted octanol–water partition coefficient (Wildman–Crippen LogP) is 4.98. The van der Waals surface area contributed by atoms with Crippen LogP contribution in [0.1, 0.15) is 75.2 Å². The lowest BCUT2D eigenvalue weighted by Crippen LogP contribution is -2.48. The molecule has 0 bridgehead atoms. The smallest absolute Gasteiger partial charge is 0.252 e. The number of hydrogen-bond acceptors (Lipinski definition) is 4. The van der Waals surface area contributed by atoms with Crippen molar-refractivity contribution in [3.63, 3.8) is 0 Å². The lowest BCUT2D eigenvalue weighted by molar-refractivity contribution is -0.137. The molecule has 1 aromatic carbocycles. The highest BCUT2D eigenvalue weighted by Crippen LogP contribution is 2.28. The topological polar surface area (TPSA) is 80.1 Å². The molecular formula is C28H35N5O2. The number of carbonyl (C=O) groups is 2. The average Bonchev–Trinajstić information content (AvgIpc) is 3.33. The predicted molar refractivity (Wildman–Crippen MR) is 137 cm³/mol. The van der Waals surface area contributed by atoms with Crippen LogP contribution >= 0.6 is 0 Å². The van der Waals surface area contributed by atoms with Crippen LogP contribution in [0.5, 0.6) is 0 Å². The molecule has 1 saturated carbocycles. The molecule has 3 aromatic rings. The maximum absolute atomic E-state index is 13.5. The maximum Gasteiger partial charge on any atom is 0.252 e. The Morgan fingerprint density at radius 2 is 1.71 bits per heavy atom. The lowest BCUT2D eigenvalue weighted by Gasteiger charge is -2.35. The van der Waals surface area contributed by atoms with Gasteiger partial charge in [0.1, 0.15) is 0 Å². The van der Waals surface area contributed by atoms with Crippen LogP contribution in [0.3, 0.4) is 0 Å². The number of nitrogens with zero attached hydrogens (tertiary/aromatic N) is 4. The van der Waals surface area contributed by atoms with Gasteiger partial charge in [0.2, 0.25) is 5.91 Å². The fourth-order valence-corrected chi connectivity index (χ4v) is 5.46. The second-order valence-corrected chi connectivity index (χ2v) is 10.2. The molecule has 0 spiro atoms. The summed E-state index contributed by atoms with van der Waals surface area (Å²) in [4.78, 5) is 33.3. The Labute approximate surface area is 206 Å². The van der Waals surface area contributed by atoms with Gasteiger partial charge in [0.25, 0.3) is 5.91 Å². The van der Waals surface area contributed by atoms with Gasteiger partial charge < -0.3 is 10.2 Å². The molecule has 2 fully saturated rings. The van der Waals surface area contributed by atoms with Gasteiger partial charge in [-0.1, -0.05) is 49.6 Å². The molecule has 2 amide bonds. The first-order valence-electron chi connectivity index (χ1n) is 13.0. The van der Waals surface area contributed by atoms with Gasteiger partial charge in [-0.25, -0.2) is 9.67 Å². The molecule has 5 rings (SSSR count). The van der Waals surface area contributed by atoms with Crippen molar-refractivity contribution < 1.29 is 9.59 Å². The van der Waals surface area contributed by atoms with E-state index in [0.29, 0.717) is 24.6 Å². The van der Waals surface area contributed by atoms with Crippen molar-refractivity contribution in [3.05, 3.63) is 48.2 Å². The SMILES string of the molecule is CC(C)n1ncc2c(C(=O)NC3CCN(C(=O)C4CCCCC4)CC3)cc(-c3ccccc3)nc21. The molecule has 7 heteroatoms. The number of fused-ring (bicyclic) bond motifs is 1. The third-order valence-corrected chi connectivity index (χ3v) is 7.47. The Morgan fingerprint density at radius 3 is 2.40 bits per heavy atom. The van der Waals surface area contributed by atoms with Crippen molar-refractivity contribution in [1.82, 2.24) is 25.0 Å². The monoisotopic (exact) mass is 473 g/mol. The second kappa shape index (κ2) is 10.2. The van der Waals surface area contributed by atoms with Crippen molar-refractivity contribution in [2.75, 3.05) is 13.1 Å². The van der Waals surface area contributed by atoms with Gasteiger partial charge in [0, 0.05) is 36.7 Å². The summed E-state index contributed by atoms with van der Waals surface area (Å²) in [7, 11) is 0. The van der Waals surface area contributed by atoms with Crippen LogP contribution < -0.4 is 5.32 Å². The van der Waals surface area contributed by atoms with Crippen molar-refractivity contribution in [2.24, 2.45) is 5.92 Å². The van der Waals surface area contributed by atoms with Gasteiger partial charge in [-0.15, -0.1) is 0 Å². The van der Waals surface area contributed by atoms with E-state index in [-0.39, 0.29) is 23.9 Å². The molecule has 35 heavy (non-hydrogen) atoms. The Kier molecular flexibility index (Phi) is 6.84. The van der Waals surface area contributed by atoms with Crippen LogP contribution in [0, 0.1) is 5.92 Å². The molecular weight excluding hydrogens is 438 g/mol. The van der Waals surface area contributed by atoms with E-state index < -0.39 is 0 Å². The van der Waals surface area contributed by atoms with Crippen molar-refractivity contribution in [1.29, 1.82) is 0 Å². The first-order valence-corrected chi connectivity index (χ1v) is 13.0. The quantitative estimate of drug-likeness (QED) is 0.567. The Bertz CT molecular complexity index is 1190. The van der Waals surface area contributed by atoms with E-state index in [2.05, 4.69) is 24.3 Å². The zero-order chi connectivity index (χ0) is 24.4. The molecule has 0 radical (unpaired) electrons. The van der Waals surface area contributed by atoms with Crippen LogP contribution in [0.15, 0.2) is 42.6 Å². The number of aromatic nitrogens is 3. The summed E-state index contributed by atoms with van der Waals surface area (Å²) in [6.45, 7) is 5.55. The van der Waals surface area contributed by atoms with Crippen LogP contribution in [-0.4, -0.2) is 50.6 Å². The van der Waals surface area contributed by atoms with E-state index in [1.165, 1.54) is 19.3 Å². The zero-order valence-electron chi connectivity index (χ0n) is 20.7. The van der Waals surface area contributed by atoms with E-state index >= 15 is 0 Å². The minimum atomic E-state index is -0.102. The number of piperidine rings is 1. The van der Waals surface area contributed by atoms with Crippen LogP contribution in [-0.2, 0) is 4.79 Å². The van der Waals surface area contributed by atoms with Gasteiger partial charge in [-0.05, 0) is 45.6 Å². The third-order valence-electron chi connectivity index (χ3n) is 7.47. The fourth-order valence-electron chi connectivity index (χ4n) is 5.46. The Morgan fingerprint density at radius 1 is 1.00 bits per heavy atom. The number of amides is 2. The van der Waals surface area contributed by atoms with Crippen molar-refractivity contribution in [3.8, 4) is 11.3 Å². The first kappa shape index (κ1) is 23.5. The van der Waals surface area contributed by atoms with Gasteiger partial charge in [-0.3, -0.25) is 9.59 Å². The number of carbonyl (C=O) groups excluding carboxylic acids is 2. The normalized spacial score (nSPS) is 17.7. The summed E-state index contributed by atoms with van der Waals surface area (Å²) in [5.74, 6) is 0.419. The largest absolute Gasteiger partial charge is 0.349 e. The number of pyridine rings is 1. The lowest BCUT2D eigenvalue weighted by atomic mass is 9.87. The van der Waals surface area contributed by atoms with Crippen LogP contribution in [0.25, 0.3) is 22.3 Å². The van der Waals surface area contributed by atoms with Crippen molar-refractivity contribution >= 4 is 22.8 Å². The standard InChI is InChI=1S/C28H35N5O2/c1-19(2)33-26-24(18-29-33)23(17-25(31-26)20-9-5-3-6-10-20)27(34)30-22-13-15-32(16-14-22)28(35)21-11-7-4-8-12-21/h3,5-6,9-10,17-19,21-22H,4,7-8,11-16H2,1-2H3,(H,30,34). The number of likely N-dealkylation sites (tertiary alicyclic amines) is 1. The summed E-state index contributed by atoms with van der Waals surface area (Å²) < 4.78 is 1.87. The number of rotatable bonds is 5. The first-order chi connectivity index (χ1) is 17.0. The van der Waals surface area contributed by atoms with E-state index in [9.17, 15) is 9.59 Å². The molecule has 0 unspecified atom stereocenters. The highest BCUT2D eigenvalue weighted by atomic mass is 16.2.